The molecule has 2 N–H and O–H groups in total. The first-order valence-corrected chi connectivity index (χ1v) is 8.42. The lowest BCUT2D eigenvalue weighted by molar-refractivity contribution is -0.132. The maximum absolute atomic E-state index is 12.5. The molecular formula is C16H26N2OS. The van der Waals surface area contributed by atoms with E-state index in [2.05, 4.69) is 43.5 Å². The second-order valence-electron chi connectivity index (χ2n) is 6.17. The number of thiophene rings is 1. The third-order valence-electron chi connectivity index (χ3n) is 4.39. The van der Waals surface area contributed by atoms with Crippen molar-refractivity contribution in [1.82, 2.24) is 10.6 Å². The van der Waals surface area contributed by atoms with E-state index in [1.165, 1.54) is 16.2 Å². The van der Waals surface area contributed by atoms with E-state index in [0.717, 1.165) is 25.9 Å². The van der Waals surface area contributed by atoms with Crippen molar-refractivity contribution in [2.24, 2.45) is 11.3 Å². The van der Waals surface area contributed by atoms with Gasteiger partial charge in [-0.25, -0.2) is 0 Å². The summed E-state index contributed by atoms with van der Waals surface area (Å²) in [7, 11) is 0. The van der Waals surface area contributed by atoms with Crippen LogP contribution in [0.5, 0.6) is 0 Å². The average molecular weight is 294 g/mol. The zero-order valence-corrected chi connectivity index (χ0v) is 13.6. The van der Waals surface area contributed by atoms with Gasteiger partial charge in [-0.1, -0.05) is 20.8 Å². The van der Waals surface area contributed by atoms with Crippen LogP contribution in [0.25, 0.3) is 0 Å². The summed E-state index contributed by atoms with van der Waals surface area (Å²) in [5.74, 6) is 0.614. The molecule has 2 rings (SSSR count). The van der Waals surface area contributed by atoms with Crippen molar-refractivity contribution in [2.45, 2.75) is 46.6 Å². The van der Waals surface area contributed by atoms with Crippen molar-refractivity contribution in [3.8, 4) is 0 Å². The second kappa shape index (κ2) is 6.72. The number of hydrogen-bond donors (Lipinski definition) is 2. The number of carbonyl (C=O) groups excluding carboxylic acids is 1. The van der Waals surface area contributed by atoms with Crippen LogP contribution in [0.2, 0.25) is 0 Å². The van der Waals surface area contributed by atoms with Crippen LogP contribution < -0.4 is 10.6 Å². The topological polar surface area (TPSA) is 41.1 Å². The van der Waals surface area contributed by atoms with Crippen molar-refractivity contribution in [3.63, 3.8) is 0 Å². The highest BCUT2D eigenvalue weighted by molar-refractivity contribution is 7.11. The molecule has 1 aliphatic rings. The first-order valence-electron chi connectivity index (χ1n) is 7.60. The lowest BCUT2D eigenvalue weighted by Crippen LogP contribution is -2.47. The van der Waals surface area contributed by atoms with Crippen LogP contribution in [0, 0.1) is 11.3 Å². The van der Waals surface area contributed by atoms with Gasteiger partial charge in [-0.15, -0.1) is 11.3 Å². The molecule has 1 amide bonds. The minimum atomic E-state index is -0.293. The molecule has 0 radical (unpaired) electrons. The lowest BCUT2D eigenvalue weighted by atomic mass is 9.74. The van der Waals surface area contributed by atoms with Crippen LogP contribution in [0.15, 0.2) is 12.1 Å². The van der Waals surface area contributed by atoms with Gasteiger partial charge >= 0.3 is 0 Å². The van der Waals surface area contributed by atoms with E-state index in [1.807, 2.05) is 0 Å². The zero-order valence-electron chi connectivity index (χ0n) is 12.8. The Labute approximate surface area is 126 Å². The Kier molecular flexibility index (Phi) is 5.22. The van der Waals surface area contributed by atoms with E-state index in [9.17, 15) is 4.79 Å². The van der Waals surface area contributed by atoms with E-state index in [0.29, 0.717) is 12.5 Å². The summed E-state index contributed by atoms with van der Waals surface area (Å²) in [5.41, 5.74) is -0.293. The minimum Gasteiger partial charge on any atom is -0.351 e. The molecule has 1 unspecified atom stereocenters. The summed E-state index contributed by atoms with van der Waals surface area (Å²) in [6.07, 6.45) is 3.39. The van der Waals surface area contributed by atoms with Crippen molar-refractivity contribution < 1.29 is 4.79 Å². The largest absolute Gasteiger partial charge is 0.351 e. The van der Waals surface area contributed by atoms with Crippen LogP contribution in [0.1, 0.15) is 43.4 Å². The van der Waals surface area contributed by atoms with Crippen LogP contribution in [-0.4, -0.2) is 19.0 Å². The van der Waals surface area contributed by atoms with Gasteiger partial charge in [0, 0.05) is 15.2 Å². The predicted octanol–water partition coefficient (Wildman–Crippen LogP) is 2.95. The molecule has 0 aliphatic carbocycles. The summed E-state index contributed by atoms with van der Waals surface area (Å²) in [4.78, 5) is 15.1. The normalized spacial score (nSPS) is 19.9. The Balaban J connectivity index is 1.89. The number of aryl methyl sites for hydroxylation is 1. The lowest BCUT2D eigenvalue weighted by Gasteiger charge is -2.36. The van der Waals surface area contributed by atoms with Crippen molar-refractivity contribution in [2.75, 3.05) is 13.1 Å². The van der Waals surface area contributed by atoms with Gasteiger partial charge in [0.2, 0.25) is 5.91 Å². The first-order chi connectivity index (χ1) is 9.54. The molecule has 0 bridgehead atoms. The first kappa shape index (κ1) is 15.5. The molecule has 4 heteroatoms. The molecule has 1 aromatic heterocycles. The molecule has 1 fully saturated rings. The molecule has 2 heterocycles. The third kappa shape index (κ3) is 3.61. The molecule has 1 aliphatic heterocycles. The standard InChI is InChI=1S/C16H26N2OS/c1-4-13-7-8-14(20-13)11-18-15(19)16(2,3)12-6-5-9-17-10-12/h7-8,12,17H,4-6,9-11H2,1-3H3,(H,18,19). The van der Waals surface area contributed by atoms with Gasteiger partial charge in [-0.3, -0.25) is 4.79 Å². The van der Waals surface area contributed by atoms with Crippen molar-refractivity contribution >= 4 is 17.2 Å². The van der Waals surface area contributed by atoms with E-state index >= 15 is 0 Å². The zero-order chi connectivity index (χ0) is 14.6. The SMILES string of the molecule is CCc1ccc(CNC(=O)C(C)(C)C2CCCNC2)s1. The number of nitrogens with one attached hydrogen (secondary N) is 2. The number of rotatable bonds is 5. The molecular weight excluding hydrogens is 268 g/mol. The van der Waals surface area contributed by atoms with Gasteiger partial charge in [0.1, 0.15) is 0 Å². The molecule has 1 atom stereocenters. The molecule has 112 valence electrons. The maximum Gasteiger partial charge on any atom is 0.226 e. The molecule has 0 aromatic carbocycles. The van der Waals surface area contributed by atoms with Gasteiger partial charge in [0.05, 0.1) is 6.54 Å². The molecule has 3 nitrogen and oxygen atoms in total. The fourth-order valence-electron chi connectivity index (χ4n) is 2.76. The molecule has 20 heavy (non-hydrogen) atoms. The van der Waals surface area contributed by atoms with Gasteiger partial charge in [-0.05, 0) is 50.4 Å². The summed E-state index contributed by atoms with van der Waals surface area (Å²) in [6.45, 7) is 9.01. The van der Waals surface area contributed by atoms with Gasteiger partial charge in [0.25, 0.3) is 0 Å². The van der Waals surface area contributed by atoms with E-state index < -0.39 is 0 Å². The molecule has 0 spiro atoms. The molecule has 1 saturated heterocycles. The summed E-state index contributed by atoms with van der Waals surface area (Å²) in [5, 5.41) is 6.52. The number of piperidine rings is 1. The average Bonchev–Trinajstić information content (AvgIpc) is 2.93. The fourth-order valence-corrected chi connectivity index (χ4v) is 3.65. The predicted molar refractivity (Wildman–Crippen MR) is 84.9 cm³/mol. The number of amides is 1. The van der Waals surface area contributed by atoms with Crippen LogP contribution in [-0.2, 0) is 17.8 Å². The highest BCUT2D eigenvalue weighted by Crippen LogP contribution is 2.32. The van der Waals surface area contributed by atoms with E-state index in [1.54, 1.807) is 11.3 Å². The second-order valence-corrected chi connectivity index (χ2v) is 7.42. The van der Waals surface area contributed by atoms with E-state index in [4.69, 9.17) is 0 Å². The summed E-state index contributed by atoms with van der Waals surface area (Å²) in [6, 6.07) is 4.28. The summed E-state index contributed by atoms with van der Waals surface area (Å²) < 4.78 is 0. The molecule has 0 saturated carbocycles. The Morgan fingerprint density at radius 3 is 2.80 bits per heavy atom. The van der Waals surface area contributed by atoms with E-state index in [-0.39, 0.29) is 11.3 Å². The Hall–Kier alpha value is -0.870. The quantitative estimate of drug-likeness (QED) is 0.876. The third-order valence-corrected chi connectivity index (χ3v) is 5.62. The molecule has 1 aromatic rings. The van der Waals surface area contributed by atoms with Crippen LogP contribution >= 0.6 is 11.3 Å². The van der Waals surface area contributed by atoms with Crippen molar-refractivity contribution in [1.29, 1.82) is 0 Å². The highest BCUT2D eigenvalue weighted by Gasteiger charge is 2.36. The van der Waals surface area contributed by atoms with Crippen LogP contribution in [0.4, 0.5) is 0 Å². The minimum absolute atomic E-state index is 0.178. The number of carbonyl (C=O) groups is 1. The van der Waals surface area contributed by atoms with Gasteiger partial charge in [0.15, 0.2) is 0 Å². The van der Waals surface area contributed by atoms with Gasteiger partial charge < -0.3 is 10.6 Å². The smallest absolute Gasteiger partial charge is 0.226 e. The monoisotopic (exact) mass is 294 g/mol. The Morgan fingerprint density at radius 2 is 2.20 bits per heavy atom. The fraction of sp³-hybridized carbons (Fsp3) is 0.688. The Bertz CT molecular complexity index is 447. The maximum atomic E-state index is 12.5. The van der Waals surface area contributed by atoms with Crippen LogP contribution in [0.3, 0.4) is 0 Å². The number of hydrogen-bond acceptors (Lipinski definition) is 3. The van der Waals surface area contributed by atoms with Crippen molar-refractivity contribution in [3.05, 3.63) is 21.9 Å². The highest BCUT2D eigenvalue weighted by atomic mass is 32.1. The Morgan fingerprint density at radius 1 is 1.45 bits per heavy atom. The summed E-state index contributed by atoms with van der Waals surface area (Å²) >= 11 is 1.79. The van der Waals surface area contributed by atoms with Gasteiger partial charge in [-0.2, -0.15) is 0 Å².